The van der Waals surface area contributed by atoms with Crippen molar-refractivity contribution in [1.82, 2.24) is 0 Å². The molecule has 41 heavy (non-hydrogen) atoms. The van der Waals surface area contributed by atoms with Gasteiger partial charge >= 0.3 is 126 Å². The van der Waals surface area contributed by atoms with Crippen LogP contribution in [-0.2, 0) is 23.2 Å². The molecule has 0 saturated heterocycles. The van der Waals surface area contributed by atoms with Crippen LogP contribution in [0.15, 0.2) is 97.1 Å². The van der Waals surface area contributed by atoms with Gasteiger partial charge in [-0.2, -0.15) is 0 Å². The number of benzene rings is 4. The molecule has 0 aliphatic heterocycles. The maximum absolute atomic E-state index is 11.2. The van der Waals surface area contributed by atoms with Crippen LogP contribution in [0.4, 0.5) is 0 Å². The number of para-hydroxylation sites is 2. The van der Waals surface area contributed by atoms with Gasteiger partial charge in [-0.25, -0.2) is 0 Å². The molecular weight excluding hydrogens is 596 g/mol. The van der Waals surface area contributed by atoms with Crippen LogP contribution in [0.2, 0.25) is 0 Å². The molecule has 6 rings (SSSR count). The Balaban J connectivity index is 0.000000153. The second-order valence-electron chi connectivity index (χ2n) is 9.08. The van der Waals surface area contributed by atoms with Gasteiger partial charge in [0.25, 0.3) is 0 Å². The molecule has 4 aromatic carbocycles. The third-order valence-electron chi connectivity index (χ3n) is 6.72. The first kappa shape index (κ1) is 30.0. The maximum Gasteiger partial charge on any atom is 0.114 e. The molecular formula is C34H32O6Zr. The van der Waals surface area contributed by atoms with E-state index in [-0.39, 0.29) is 11.5 Å². The Morgan fingerprint density at radius 3 is 1.17 bits per heavy atom. The van der Waals surface area contributed by atoms with Crippen molar-refractivity contribution in [3.05, 3.63) is 119 Å². The molecule has 2 unspecified atom stereocenters. The van der Waals surface area contributed by atoms with Gasteiger partial charge in [0, 0.05) is 0 Å². The Morgan fingerprint density at radius 1 is 0.488 bits per heavy atom. The van der Waals surface area contributed by atoms with E-state index in [9.17, 15) is 10.2 Å². The summed E-state index contributed by atoms with van der Waals surface area (Å²) in [6, 6.07) is 27.6. The minimum absolute atomic E-state index is 0.211. The molecule has 2 atom stereocenters. The van der Waals surface area contributed by atoms with Crippen LogP contribution in [0.5, 0.6) is 34.5 Å². The van der Waals surface area contributed by atoms with Crippen molar-refractivity contribution in [3.63, 3.8) is 0 Å². The molecule has 0 fully saturated rings. The summed E-state index contributed by atoms with van der Waals surface area (Å²) in [6.45, 7) is 0. The van der Waals surface area contributed by atoms with Gasteiger partial charge in [-0.05, 0) is 35.8 Å². The fraction of sp³-hybridized carbons (Fsp3) is 0.176. The van der Waals surface area contributed by atoms with Crippen molar-refractivity contribution in [1.29, 1.82) is 0 Å². The van der Waals surface area contributed by atoms with E-state index in [2.05, 4.69) is 72.8 Å². The normalized spacial score (nSPS) is 15.2. The van der Waals surface area contributed by atoms with Crippen molar-refractivity contribution in [3.8, 4) is 34.5 Å². The van der Waals surface area contributed by atoms with Crippen LogP contribution < -0.4 is 29.2 Å². The molecule has 7 heteroatoms. The second kappa shape index (κ2) is 14.6. The van der Waals surface area contributed by atoms with E-state index in [0.717, 1.165) is 7.25 Å². The summed E-state index contributed by atoms with van der Waals surface area (Å²) in [5.74, 6) is 0.817. The molecule has 0 aromatic heterocycles. The van der Waals surface area contributed by atoms with E-state index in [4.69, 9.17) is 18.9 Å². The molecule has 0 N–H and O–H groups in total. The van der Waals surface area contributed by atoms with Gasteiger partial charge in [0.05, 0.1) is 28.4 Å². The Labute approximate surface area is 253 Å². The predicted octanol–water partition coefficient (Wildman–Crippen LogP) is 6.16. The summed E-state index contributed by atoms with van der Waals surface area (Å²) in [7, 11) is 5.82. The van der Waals surface area contributed by atoms with Crippen molar-refractivity contribution in [2.45, 2.75) is 7.25 Å². The molecule has 0 heterocycles. The Kier molecular flexibility index (Phi) is 10.7. The Bertz CT molecular complexity index is 1360. The fourth-order valence-corrected chi connectivity index (χ4v) is 8.76. The van der Waals surface area contributed by atoms with E-state index >= 15 is 0 Å². The van der Waals surface area contributed by atoms with Gasteiger partial charge in [-0.3, -0.25) is 0 Å². The molecule has 4 aromatic rings. The summed E-state index contributed by atoms with van der Waals surface area (Å²) < 4.78 is 20.7. The first-order valence-electron chi connectivity index (χ1n) is 13.1. The molecule has 2 aliphatic rings. The number of hydrogen-bond acceptors (Lipinski definition) is 6. The largest absolute Gasteiger partial charge is 0.867 e. The molecule has 0 saturated carbocycles. The maximum atomic E-state index is 11.2. The number of rotatable bonds is 6. The van der Waals surface area contributed by atoms with E-state index in [0.29, 0.717) is 23.0 Å². The number of methoxy groups -OCH3 is 4. The smallest absolute Gasteiger partial charge is 0.114 e. The molecule has 0 bridgehead atoms. The summed E-state index contributed by atoms with van der Waals surface area (Å²) in [5, 5.41) is 22.4. The molecule has 208 valence electrons. The first-order chi connectivity index (χ1) is 20.0. The standard InChI is InChI=1S/2C9H7.2C8H10O3.Zr/c2*1-2-5-9-7-3-6-8(9)4-1;2*1-10-6-4-3-5-7(11-2)8(6)9;/h2*1-7H;2*3-5,9H,1-2H3;/q;;;;+2/p-2. The average molecular weight is 628 g/mol. The van der Waals surface area contributed by atoms with Gasteiger partial charge in [0.15, 0.2) is 0 Å². The zero-order valence-corrected chi connectivity index (χ0v) is 26.0. The summed E-state index contributed by atoms with van der Waals surface area (Å²) in [5.41, 5.74) is 5.99. The summed E-state index contributed by atoms with van der Waals surface area (Å²) >= 11 is -0.542. The topological polar surface area (TPSA) is 83.0 Å². The van der Waals surface area contributed by atoms with Gasteiger partial charge in [-0.1, -0.05) is 12.1 Å². The Hall–Kier alpha value is -3.96. The summed E-state index contributed by atoms with van der Waals surface area (Å²) in [6.07, 6.45) is 9.49. The fourth-order valence-electron chi connectivity index (χ4n) is 4.62. The van der Waals surface area contributed by atoms with Crippen molar-refractivity contribution >= 4 is 12.2 Å². The van der Waals surface area contributed by atoms with Gasteiger partial charge in [0.2, 0.25) is 0 Å². The molecule has 2 aliphatic carbocycles. The van der Waals surface area contributed by atoms with Crippen molar-refractivity contribution in [2.24, 2.45) is 0 Å². The van der Waals surface area contributed by atoms with Crippen LogP contribution >= 0.6 is 0 Å². The van der Waals surface area contributed by atoms with Crippen LogP contribution in [0.25, 0.3) is 12.2 Å². The molecule has 6 nitrogen and oxygen atoms in total. The van der Waals surface area contributed by atoms with Crippen LogP contribution in [-0.4, -0.2) is 28.4 Å². The van der Waals surface area contributed by atoms with E-state index in [1.807, 2.05) is 0 Å². The van der Waals surface area contributed by atoms with Gasteiger partial charge in [0.1, 0.15) is 23.0 Å². The monoisotopic (exact) mass is 626 g/mol. The van der Waals surface area contributed by atoms with Crippen LogP contribution in [0.1, 0.15) is 29.5 Å². The minimum Gasteiger partial charge on any atom is -0.867 e. The number of hydrogen-bond donors (Lipinski definition) is 0. The number of fused-ring (bicyclic) bond motifs is 2. The van der Waals surface area contributed by atoms with Gasteiger partial charge in [-0.15, -0.1) is 0 Å². The SMILES string of the molecule is C1=C[CH]([Zr+2][CH]2C=Cc3ccccc32)c2ccccc21.COc1cccc(OC)c1[O-].COc1cccc(OC)c1[O-]. The minimum atomic E-state index is -0.542. The Morgan fingerprint density at radius 2 is 0.829 bits per heavy atom. The van der Waals surface area contributed by atoms with Crippen molar-refractivity contribution < 1.29 is 52.4 Å². The van der Waals surface area contributed by atoms with E-state index in [1.54, 1.807) is 47.5 Å². The quantitative estimate of drug-likeness (QED) is 0.255. The van der Waals surface area contributed by atoms with Crippen LogP contribution in [0, 0.1) is 0 Å². The molecule has 0 amide bonds. The van der Waals surface area contributed by atoms with E-state index < -0.39 is 23.2 Å². The number of allylic oxidation sites excluding steroid dienone is 2. The third kappa shape index (κ3) is 7.22. The second-order valence-corrected chi connectivity index (χ2v) is 13.0. The van der Waals surface area contributed by atoms with Gasteiger partial charge < -0.3 is 29.2 Å². The number of ether oxygens (including phenoxy) is 4. The zero-order valence-electron chi connectivity index (χ0n) is 23.5. The summed E-state index contributed by atoms with van der Waals surface area (Å²) in [4.78, 5) is 0. The molecule has 0 spiro atoms. The van der Waals surface area contributed by atoms with Crippen molar-refractivity contribution in [2.75, 3.05) is 28.4 Å². The first-order valence-corrected chi connectivity index (χ1v) is 15.9. The predicted molar refractivity (Wildman–Crippen MR) is 154 cm³/mol. The van der Waals surface area contributed by atoms with E-state index in [1.165, 1.54) is 39.6 Å². The molecule has 0 radical (unpaired) electrons. The third-order valence-corrected chi connectivity index (χ3v) is 11.0. The zero-order chi connectivity index (χ0) is 29.2. The van der Waals surface area contributed by atoms with Crippen LogP contribution in [0.3, 0.4) is 0 Å². The average Bonchev–Trinajstić information content (AvgIpc) is 3.62.